The van der Waals surface area contributed by atoms with E-state index in [9.17, 15) is 9.90 Å². The van der Waals surface area contributed by atoms with Crippen LogP contribution in [0.2, 0.25) is 0 Å². The number of hydrogen-bond acceptors (Lipinski definition) is 5. The maximum Gasteiger partial charge on any atom is 0.304 e. The highest BCUT2D eigenvalue weighted by atomic mass is 19.1. The average molecular weight is 534 g/mol. The fraction of sp³-hybridized carbons (Fsp3) is 0.438. The molecule has 0 fully saturated rings. The molecule has 1 aliphatic heterocycles. The van der Waals surface area contributed by atoms with Crippen molar-refractivity contribution in [1.29, 1.82) is 0 Å². The molecule has 5 rings (SSSR count). The zero-order chi connectivity index (χ0) is 27.9. The van der Waals surface area contributed by atoms with Gasteiger partial charge in [-0.05, 0) is 104 Å². The lowest BCUT2D eigenvalue weighted by molar-refractivity contribution is -0.137. The van der Waals surface area contributed by atoms with Crippen LogP contribution in [0.3, 0.4) is 0 Å². The molecule has 206 valence electrons. The molecule has 1 aromatic heterocycles. The van der Waals surface area contributed by atoms with Crippen LogP contribution in [0.4, 0.5) is 4.39 Å². The van der Waals surface area contributed by atoms with Gasteiger partial charge in [0, 0.05) is 35.9 Å². The van der Waals surface area contributed by atoms with Crippen LogP contribution in [0.15, 0.2) is 36.5 Å². The fourth-order valence-electron chi connectivity index (χ4n) is 6.04. The summed E-state index contributed by atoms with van der Waals surface area (Å²) in [5.41, 5.74) is 7.01. The summed E-state index contributed by atoms with van der Waals surface area (Å²) in [5.74, 6) is 0.243. The number of fused-ring (bicyclic) bond motifs is 2. The largest absolute Gasteiger partial charge is 0.493 e. The molecule has 0 spiro atoms. The summed E-state index contributed by atoms with van der Waals surface area (Å²) in [6.45, 7) is 8.42. The second kappa shape index (κ2) is 10.6. The van der Waals surface area contributed by atoms with Crippen LogP contribution < -0.4 is 9.47 Å². The number of halogens is 1. The van der Waals surface area contributed by atoms with Crippen LogP contribution in [-0.2, 0) is 17.6 Å². The van der Waals surface area contributed by atoms with Crippen molar-refractivity contribution in [2.24, 2.45) is 0 Å². The Bertz CT molecular complexity index is 1390. The van der Waals surface area contributed by atoms with E-state index in [1.165, 1.54) is 0 Å². The van der Waals surface area contributed by atoms with E-state index < -0.39 is 11.6 Å². The smallest absolute Gasteiger partial charge is 0.304 e. The molecule has 2 aliphatic rings. The number of carbonyl (C=O) groups is 1. The standard InChI is InChI=1S/C32H36FNO5/c1-18-11-23(38-10-9-32(3,4)37)12-19(2)30(18)24-7-8-27(33)31-20(5-6-25(24)31)13-22-15-28-26(16-34-22)21(17-39-28)14-29(35)36/h7-8,11-12,15-16,20-21,37H,5-6,9-10,13-14,17H2,1-4H3,(H,35,36)/t20-,21+/m0/s1. The first-order valence-electron chi connectivity index (χ1n) is 13.6. The van der Waals surface area contributed by atoms with Crippen molar-refractivity contribution >= 4 is 5.97 Å². The first-order valence-corrected chi connectivity index (χ1v) is 13.6. The molecule has 0 amide bonds. The Morgan fingerprint density at radius 3 is 2.62 bits per heavy atom. The first-order chi connectivity index (χ1) is 18.5. The van der Waals surface area contributed by atoms with Crippen LogP contribution in [0, 0.1) is 19.7 Å². The Kier molecular flexibility index (Phi) is 7.38. The van der Waals surface area contributed by atoms with Crippen LogP contribution in [0.25, 0.3) is 11.1 Å². The van der Waals surface area contributed by atoms with Gasteiger partial charge in [0.05, 0.1) is 25.2 Å². The quantitative estimate of drug-likeness (QED) is 0.337. The SMILES string of the molecule is Cc1cc(OCCC(C)(C)O)cc(C)c1-c1ccc(F)c2c1CC[C@H]2Cc1cc2c(cn1)[C@H](CC(=O)O)CO2. The van der Waals surface area contributed by atoms with Gasteiger partial charge in [0.1, 0.15) is 17.3 Å². The van der Waals surface area contributed by atoms with Gasteiger partial charge in [-0.3, -0.25) is 9.78 Å². The van der Waals surface area contributed by atoms with Crippen LogP contribution in [0.1, 0.15) is 78.5 Å². The molecule has 0 saturated carbocycles. The second-order valence-electron chi connectivity index (χ2n) is 11.6. The van der Waals surface area contributed by atoms with Crippen LogP contribution in [0.5, 0.6) is 11.5 Å². The first kappa shape index (κ1) is 27.1. The monoisotopic (exact) mass is 533 g/mol. The van der Waals surface area contributed by atoms with Gasteiger partial charge in [-0.2, -0.15) is 0 Å². The Hall–Kier alpha value is -3.45. The summed E-state index contributed by atoms with van der Waals surface area (Å²) in [5, 5.41) is 19.1. The lowest BCUT2D eigenvalue weighted by Crippen LogP contribution is -2.21. The van der Waals surface area contributed by atoms with Crippen molar-refractivity contribution in [3.05, 3.63) is 75.9 Å². The summed E-state index contributed by atoms with van der Waals surface area (Å²) in [7, 11) is 0. The molecule has 2 atom stereocenters. The molecular formula is C32H36FNO5. The molecular weight excluding hydrogens is 497 g/mol. The predicted molar refractivity (Wildman–Crippen MR) is 147 cm³/mol. The van der Waals surface area contributed by atoms with E-state index in [4.69, 9.17) is 14.6 Å². The Morgan fingerprint density at radius 1 is 1.18 bits per heavy atom. The number of nitrogens with zero attached hydrogens (tertiary/aromatic N) is 1. The van der Waals surface area contributed by atoms with Gasteiger partial charge in [0.15, 0.2) is 0 Å². The highest BCUT2D eigenvalue weighted by Gasteiger charge is 2.31. The van der Waals surface area contributed by atoms with Gasteiger partial charge in [-0.1, -0.05) is 6.07 Å². The minimum Gasteiger partial charge on any atom is -0.493 e. The highest BCUT2D eigenvalue weighted by molar-refractivity contribution is 5.76. The normalized spacial score (nSPS) is 18.0. The van der Waals surface area contributed by atoms with E-state index in [0.717, 1.165) is 63.2 Å². The number of carboxylic acid groups (broad SMARTS) is 1. The summed E-state index contributed by atoms with van der Waals surface area (Å²) in [4.78, 5) is 15.8. The van der Waals surface area contributed by atoms with E-state index in [2.05, 4.69) is 18.8 Å². The lowest BCUT2D eigenvalue weighted by Gasteiger charge is -2.20. The molecule has 2 aromatic carbocycles. The van der Waals surface area contributed by atoms with Crippen molar-refractivity contribution in [2.75, 3.05) is 13.2 Å². The number of aryl methyl sites for hydroxylation is 2. The Morgan fingerprint density at radius 2 is 1.92 bits per heavy atom. The molecule has 0 saturated heterocycles. The van der Waals surface area contributed by atoms with E-state index in [0.29, 0.717) is 31.8 Å². The van der Waals surface area contributed by atoms with Crippen molar-refractivity contribution in [2.45, 2.75) is 77.2 Å². The molecule has 7 heteroatoms. The van der Waals surface area contributed by atoms with Crippen LogP contribution >= 0.6 is 0 Å². The van der Waals surface area contributed by atoms with E-state index >= 15 is 4.39 Å². The highest BCUT2D eigenvalue weighted by Crippen LogP contribution is 2.45. The number of hydrogen-bond donors (Lipinski definition) is 2. The molecule has 2 heterocycles. The summed E-state index contributed by atoms with van der Waals surface area (Å²) >= 11 is 0. The molecule has 0 bridgehead atoms. The lowest BCUT2D eigenvalue weighted by atomic mass is 9.88. The van der Waals surface area contributed by atoms with Gasteiger partial charge in [-0.15, -0.1) is 0 Å². The maximum absolute atomic E-state index is 15.3. The predicted octanol–water partition coefficient (Wildman–Crippen LogP) is 6.27. The van der Waals surface area contributed by atoms with Crippen LogP contribution in [-0.4, -0.2) is 40.0 Å². The number of aliphatic carboxylic acids is 1. The molecule has 6 nitrogen and oxygen atoms in total. The van der Waals surface area contributed by atoms with Gasteiger partial charge in [0.25, 0.3) is 0 Å². The van der Waals surface area contributed by atoms with E-state index in [1.807, 2.05) is 24.3 Å². The topological polar surface area (TPSA) is 88.9 Å². The Labute approximate surface area is 228 Å². The molecule has 1 aliphatic carbocycles. The van der Waals surface area contributed by atoms with Gasteiger partial charge < -0.3 is 19.7 Å². The summed E-state index contributed by atoms with van der Waals surface area (Å²) in [6, 6.07) is 9.39. The molecule has 0 radical (unpaired) electrons. The number of aliphatic hydroxyl groups is 1. The molecule has 2 N–H and O–H groups in total. The number of aromatic nitrogens is 1. The fourth-order valence-corrected chi connectivity index (χ4v) is 6.04. The molecule has 3 aromatic rings. The second-order valence-corrected chi connectivity index (χ2v) is 11.6. The number of rotatable bonds is 9. The number of pyridine rings is 1. The number of ether oxygens (including phenoxy) is 2. The minimum atomic E-state index is -0.854. The minimum absolute atomic E-state index is 0.00627. The zero-order valence-corrected chi connectivity index (χ0v) is 23.0. The van der Waals surface area contributed by atoms with E-state index in [1.54, 1.807) is 26.1 Å². The van der Waals surface area contributed by atoms with Crippen molar-refractivity contribution in [3.8, 4) is 22.6 Å². The van der Waals surface area contributed by atoms with Crippen molar-refractivity contribution in [3.63, 3.8) is 0 Å². The van der Waals surface area contributed by atoms with Gasteiger partial charge >= 0.3 is 5.97 Å². The third kappa shape index (κ3) is 5.78. The Balaban J connectivity index is 1.38. The summed E-state index contributed by atoms with van der Waals surface area (Å²) < 4.78 is 27.0. The molecule has 39 heavy (non-hydrogen) atoms. The maximum atomic E-state index is 15.3. The summed E-state index contributed by atoms with van der Waals surface area (Å²) in [6.07, 6.45) is 4.50. The average Bonchev–Trinajstić information content (AvgIpc) is 3.44. The van der Waals surface area contributed by atoms with Gasteiger partial charge in [-0.25, -0.2) is 4.39 Å². The zero-order valence-electron chi connectivity index (χ0n) is 23.0. The third-order valence-corrected chi connectivity index (χ3v) is 7.92. The molecule has 0 unspecified atom stereocenters. The third-order valence-electron chi connectivity index (χ3n) is 7.92. The van der Waals surface area contributed by atoms with Crippen molar-refractivity contribution < 1.29 is 28.9 Å². The number of carboxylic acids is 1. The number of benzene rings is 2. The van der Waals surface area contributed by atoms with Gasteiger partial charge in [0.2, 0.25) is 0 Å². The van der Waals surface area contributed by atoms with E-state index in [-0.39, 0.29) is 24.1 Å². The van der Waals surface area contributed by atoms with Crippen molar-refractivity contribution in [1.82, 2.24) is 4.98 Å².